The number of carbonyl (C=O) groups excluding carboxylic acids is 2. The molecule has 0 bridgehead atoms. The van der Waals surface area contributed by atoms with Gasteiger partial charge in [0.25, 0.3) is 0 Å². The molecule has 0 spiro atoms. The Morgan fingerprint density at radius 3 is 2.60 bits per heavy atom. The number of nitrogens with zero attached hydrogens (tertiary/aromatic N) is 1. The van der Waals surface area contributed by atoms with E-state index >= 15 is 0 Å². The average molecular weight is 580 g/mol. The van der Waals surface area contributed by atoms with Crippen LogP contribution in [-0.2, 0) is 20.7 Å². The second kappa shape index (κ2) is 17.0. The summed E-state index contributed by atoms with van der Waals surface area (Å²) in [6.07, 6.45) is 13.1. The molecule has 8 heteroatoms. The Balaban J connectivity index is 2.19. The zero-order valence-electron chi connectivity index (χ0n) is 25.6. The zero-order valence-corrected chi connectivity index (χ0v) is 25.6. The van der Waals surface area contributed by atoms with E-state index in [9.17, 15) is 14.7 Å². The largest absolute Gasteiger partial charge is 0.504 e. The number of phenolic OH excluding ortho intramolecular Hbond substituents is 1. The highest BCUT2D eigenvalue weighted by Gasteiger charge is 2.33. The first-order valence-electron chi connectivity index (χ1n) is 15.5. The second-order valence-corrected chi connectivity index (χ2v) is 11.7. The number of hydrogen-bond acceptors (Lipinski definition) is 6. The van der Waals surface area contributed by atoms with E-state index in [-0.39, 0.29) is 47.3 Å². The fourth-order valence-electron chi connectivity index (χ4n) is 6.10. The van der Waals surface area contributed by atoms with Gasteiger partial charge < -0.3 is 30.8 Å². The van der Waals surface area contributed by atoms with Gasteiger partial charge in [-0.3, -0.25) is 4.79 Å². The number of ketones is 2. The molecule has 3 rings (SSSR count). The second-order valence-electron chi connectivity index (χ2n) is 11.7. The van der Waals surface area contributed by atoms with Crippen LogP contribution in [0.2, 0.25) is 0 Å². The molecule has 1 saturated carbocycles. The molecule has 1 fully saturated rings. The number of aromatic hydroxyl groups is 1. The number of phenols is 1. The molecule has 0 radical (unpaired) electrons. The van der Waals surface area contributed by atoms with Crippen LogP contribution in [0, 0.1) is 17.8 Å². The summed E-state index contributed by atoms with van der Waals surface area (Å²) in [6, 6.07) is 1.70. The molecule has 42 heavy (non-hydrogen) atoms. The van der Waals surface area contributed by atoms with Crippen LogP contribution in [0.25, 0.3) is 0 Å². The molecule has 8 nitrogen and oxygen atoms in total. The third-order valence-electron chi connectivity index (χ3n) is 8.26. The van der Waals surface area contributed by atoms with Gasteiger partial charge in [0.05, 0.1) is 12.1 Å². The van der Waals surface area contributed by atoms with Crippen LogP contribution in [0.4, 0.5) is 0 Å². The Hall–Kier alpha value is -3.31. The molecule has 0 aromatic heterocycles. The highest BCUT2D eigenvalue weighted by molar-refractivity contribution is 5.89. The standard InChI is InChI=1S/C34H49N3O5/c1-4-5-6-11-27(39)19-17-24-21-31(42-28-12-7-8-13-28)33(40)32-29(24)14-9-10-26(37-34(35)36)18-16-25(22-41-3)30(32)20-15-23(2)38/h6,11,21,25-26,28,30,40H,4-5,7-8,10,12-13,15-20,22H2,1-3H3,(H4,35,36,37)/b11-6+/t25-,26-,30-/m1/s1. The number of Topliss-reactive ketones (excluding diaryl/α,β-unsaturated/α-hetero) is 1. The predicted molar refractivity (Wildman–Crippen MR) is 167 cm³/mol. The van der Waals surface area contributed by atoms with E-state index in [1.807, 2.05) is 12.1 Å². The minimum absolute atomic E-state index is 0.0243. The Morgan fingerprint density at radius 1 is 1.17 bits per heavy atom. The van der Waals surface area contributed by atoms with Crippen molar-refractivity contribution in [2.45, 2.75) is 115 Å². The number of fused-ring (bicyclic) bond motifs is 1. The molecule has 230 valence electrons. The monoisotopic (exact) mass is 579 g/mol. The zero-order chi connectivity index (χ0) is 30.5. The number of methoxy groups -OCH3 is 1. The molecule has 5 N–H and O–H groups in total. The highest BCUT2D eigenvalue weighted by Crippen LogP contribution is 2.46. The summed E-state index contributed by atoms with van der Waals surface area (Å²) in [5.41, 5.74) is 13.7. The molecule has 0 amide bonds. The lowest BCUT2D eigenvalue weighted by atomic mass is 9.75. The lowest BCUT2D eigenvalue weighted by Gasteiger charge is -2.31. The smallest absolute Gasteiger partial charge is 0.186 e. The summed E-state index contributed by atoms with van der Waals surface area (Å²) < 4.78 is 12.1. The van der Waals surface area contributed by atoms with Crippen molar-refractivity contribution in [3.8, 4) is 23.3 Å². The van der Waals surface area contributed by atoms with Crippen molar-refractivity contribution in [3.05, 3.63) is 34.9 Å². The number of carbonyl (C=O) groups is 2. The summed E-state index contributed by atoms with van der Waals surface area (Å²) in [5, 5.41) is 11.9. The third kappa shape index (κ3) is 9.90. The van der Waals surface area contributed by atoms with Crippen molar-refractivity contribution in [1.82, 2.24) is 0 Å². The summed E-state index contributed by atoms with van der Waals surface area (Å²) in [7, 11) is 1.66. The lowest BCUT2D eigenvalue weighted by Crippen LogP contribution is -2.27. The van der Waals surface area contributed by atoms with Crippen LogP contribution in [0.5, 0.6) is 11.5 Å². The Labute approximate surface area is 251 Å². The van der Waals surface area contributed by atoms with E-state index in [0.717, 1.165) is 50.5 Å². The number of benzene rings is 1. The van der Waals surface area contributed by atoms with Crippen LogP contribution < -0.4 is 16.2 Å². The van der Waals surface area contributed by atoms with Crippen LogP contribution >= 0.6 is 0 Å². The molecule has 1 aromatic rings. The van der Waals surface area contributed by atoms with E-state index in [0.29, 0.717) is 62.0 Å². The highest BCUT2D eigenvalue weighted by atomic mass is 16.5. The first-order valence-corrected chi connectivity index (χ1v) is 15.5. The summed E-state index contributed by atoms with van der Waals surface area (Å²) >= 11 is 0. The molecule has 0 heterocycles. The SMILES string of the molecule is CCC/C=C/C(=O)CCc1cc(OC2CCCC2)c(O)c2c1C#CC[C@@H](N=C(N)N)CC[C@H](COC)[C@H]2CCC(C)=O. The topological polar surface area (TPSA) is 137 Å². The molecule has 0 unspecified atom stereocenters. The summed E-state index contributed by atoms with van der Waals surface area (Å²) in [6.45, 7) is 4.10. The lowest BCUT2D eigenvalue weighted by molar-refractivity contribution is -0.117. The number of hydrogen-bond donors (Lipinski definition) is 3. The van der Waals surface area contributed by atoms with Gasteiger partial charge in [-0.1, -0.05) is 31.3 Å². The molecular formula is C34H49N3O5. The predicted octanol–water partition coefficient (Wildman–Crippen LogP) is 5.46. The third-order valence-corrected chi connectivity index (χ3v) is 8.26. The van der Waals surface area contributed by atoms with E-state index in [1.165, 1.54) is 0 Å². The van der Waals surface area contributed by atoms with E-state index in [4.69, 9.17) is 20.9 Å². The molecule has 2 aliphatic carbocycles. The Bertz CT molecular complexity index is 1190. The van der Waals surface area contributed by atoms with Crippen LogP contribution in [-0.4, -0.2) is 48.5 Å². The molecule has 1 aromatic carbocycles. The fraction of sp³-hybridized carbons (Fsp3) is 0.618. The van der Waals surface area contributed by atoms with Gasteiger partial charge in [0.1, 0.15) is 5.78 Å². The quantitative estimate of drug-likeness (QED) is 0.115. The molecule has 0 aliphatic heterocycles. The first kappa shape index (κ1) is 33.2. The van der Waals surface area contributed by atoms with Gasteiger partial charge in [0.2, 0.25) is 0 Å². The van der Waals surface area contributed by atoms with Gasteiger partial charge in [0, 0.05) is 44.1 Å². The number of rotatable bonds is 14. The minimum Gasteiger partial charge on any atom is -0.504 e. The number of aryl methyl sites for hydroxylation is 1. The first-order chi connectivity index (χ1) is 20.2. The van der Waals surface area contributed by atoms with Gasteiger partial charge in [-0.2, -0.15) is 0 Å². The van der Waals surface area contributed by atoms with E-state index < -0.39 is 0 Å². The van der Waals surface area contributed by atoms with Crippen LogP contribution in [0.15, 0.2) is 23.2 Å². The maximum absolute atomic E-state index is 12.7. The average Bonchev–Trinajstić information content (AvgIpc) is 3.45. The van der Waals surface area contributed by atoms with E-state index in [1.54, 1.807) is 20.1 Å². The Kier molecular flexibility index (Phi) is 13.4. The normalized spacial score (nSPS) is 20.9. The number of aliphatic imine (C=N–C) groups is 1. The van der Waals surface area contributed by atoms with E-state index in [2.05, 4.69) is 23.8 Å². The minimum atomic E-state index is -0.220. The maximum atomic E-state index is 12.7. The maximum Gasteiger partial charge on any atom is 0.186 e. The summed E-state index contributed by atoms with van der Waals surface area (Å²) in [5.74, 6) is 7.05. The van der Waals surface area contributed by atoms with Crippen molar-refractivity contribution < 1.29 is 24.2 Å². The van der Waals surface area contributed by atoms with Crippen molar-refractivity contribution >= 4 is 17.5 Å². The summed E-state index contributed by atoms with van der Waals surface area (Å²) in [4.78, 5) is 29.4. The Morgan fingerprint density at radius 2 is 1.93 bits per heavy atom. The van der Waals surface area contributed by atoms with Crippen LogP contribution in [0.3, 0.4) is 0 Å². The van der Waals surface area contributed by atoms with Crippen molar-refractivity contribution in [2.24, 2.45) is 22.4 Å². The van der Waals surface area contributed by atoms with Gasteiger partial charge in [-0.05, 0) is 94.3 Å². The number of allylic oxidation sites excluding steroid dienone is 2. The van der Waals surface area contributed by atoms with Crippen molar-refractivity contribution in [1.29, 1.82) is 0 Å². The molecular weight excluding hydrogens is 530 g/mol. The molecule has 3 atom stereocenters. The van der Waals surface area contributed by atoms with Gasteiger partial charge >= 0.3 is 0 Å². The number of guanidine groups is 1. The number of nitrogens with two attached hydrogens (primary N) is 2. The van der Waals surface area contributed by atoms with Gasteiger partial charge in [0.15, 0.2) is 23.2 Å². The van der Waals surface area contributed by atoms with Gasteiger partial charge in [-0.25, -0.2) is 4.99 Å². The molecule has 2 aliphatic rings. The number of ether oxygens (including phenoxy) is 2. The molecule has 0 saturated heterocycles. The number of unbranched alkanes of at least 4 members (excludes halogenated alkanes) is 1. The fourth-order valence-corrected chi connectivity index (χ4v) is 6.10. The van der Waals surface area contributed by atoms with Crippen LogP contribution in [0.1, 0.15) is 114 Å². The van der Waals surface area contributed by atoms with Crippen molar-refractivity contribution in [3.63, 3.8) is 0 Å². The van der Waals surface area contributed by atoms with Crippen molar-refractivity contribution in [2.75, 3.05) is 13.7 Å². The van der Waals surface area contributed by atoms with Gasteiger partial charge in [-0.15, -0.1) is 0 Å².